The standard InChI is InChI=1S/C22H22F2.C16H12F2.H2/c1-15-3-9-18(10-4-15)19-12-6-17(7-13-19)8-14-20-11-5-16(2)21(23)22(20)24;1-11-3-6-13(7-4-11)8-10-14-9-5-12(2)15(17)16(14)18;/h5-7,11-13,15,18H,3-4,9-10H2,1-2H3;3-7,9H,1-2H3;1H. The van der Waals surface area contributed by atoms with Gasteiger partial charge in [-0.15, -0.1) is 0 Å². The van der Waals surface area contributed by atoms with Crippen LogP contribution in [-0.4, -0.2) is 0 Å². The zero-order chi connectivity index (χ0) is 30.2. The molecule has 0 radical (unpaired) electrons. The molecule has 216 valence electrons. The molecular formula is C38H36F4. The van der Waals surface area contributed by atoms with Crippen molar-refractivity contribution < 1.29 is 19.0 Å². The summed E-state index contributed by atoms with van der Waals surface area (Å²) >= 11 is 0. The molecule has 0 atom stereocenters. The van der Waals surface area contributed by atoms with Gasteiger partial charge in [-0.2, -0.15) is 0 Å². The third-order valence-electron chi connectivity index (χ3n) is 7.68. The second kappa shape index (κ2) is 14.1. The summed E-state index contributed by atoms with van der Waals surface area (Å²) in [6, 6.07) is 21.8. The first-order valence-electron chi connectivity index (χ1n) is 14.2. The van der Waals surface area contributed by atoms with Crippen LogP contribution in [0.25, 0.3) is 0 Å². The first-order valence-corrected chi connectivity index (χ1v) is 14.2. The summed E-state index contributed by atoms with van der Waals surface area (Å²) in [7, 11) is 0. The van der Waals surface area contributed by atoms with E-state index >= 15 is 0 Å². The Morgan fingerprint density at radius 3 is 1.40 bits per heavy atom. The molecule has 0 aromatic heterocycles. The van der Waals surface area contributed by atoms with Crippen LogP contribution in [0.3, 0.4) is 0 Å². The Balaban J connectivity index is 0.000000239. The van der Waals surface area contributed by atoms with Crippen LogP contribution < -0.4 is 0 Å². The highest BCUT2D eigenvalue weighted by Crippen LogP contribution is 2.35. The highest BCUT2D eigenvalue weighted by atomic mass is 19.2. The largest absolute Gasteiger partial charge is 0.203 e. The van der Waals surface area contributed by atoms with Gasteiger partial charge in [-0.3, -0.25) is 0 Å². The molecule has 0 amide bonds. The molecule has 0 N–H and O–H groups in total. The van der Waals surface area contributed by atoms with Crippen molar-refractivity contribution in [3.8, 4) is 23.7 Å². The topological polar surface area (TPSA) is 0 Å². The SMILES string of the molecule is Cc1ccc(C#Cc2ccc(C)c(F)c2F)cc1.Cc1ccc(C#Cc2ccc(C3CCC(C)CC3)cc2)c(F)c1F.[HH]. The first-order chi connectivity index (χ1) is 20.1. The number of hydrogen-bond donors (Lipinski definition) is 0. The molecule has 42 heavy (non-hydrogen) atoms. The smallest absolute Gasteiger partial charge is 0.174 e. The Morgan fingerprint density at radius 2 is 0.952 bits per heavy atom. The first kappa shape index (κ1) is 30.7. The van der Waals surface area contributed by atoms with E-state index in [0.717, 1.165) is 22.6 Å². The Hall–Kier alpha value is -4.28. The molecule has 4 aromatic carbocycles. The van der Waals surface area contributed by atoms with Crippen LogP contribution in [-0.2, 0) is 0 Å². The van der Waals surface area contributed by atoms with Crippen molar-refractivity contribution in [2.45, 2.75) is 59.3 Å². The van der Waals surface area contributed by atoms with E-state index in [1.807, 2.05) is 43.3 Å². The van der Waals surface area contributed by atoms with E-state index in [4.69, 9.17) is 0 Å². The normalized spacial score (nSPS) is 15.8. The summed E-state index contributed by atoms with van der Waals surface area (Å²) < 4.78 is 54.3. The molecule has 4 heteroatoms. The minimum Gasteiger partial charge on any atom is -0.203 e. The predicted octanol–water partition coefficient (Wildman–Crippen LogP) is 10.2. The Kier molecular flexibility index (Phi) is 10.3. The fraction of sp³-hybridized carbons (Fsp3) is 0.263. The van der Waals surface area contributed by atoms with Gasteiger partial charge in [-0.05, 0) is 98.5 Å². The molecule has 1 saturated carbocycles. The number of aryl methyl sites for hydroxylation is 3. The van der Waals surface area contributed by atoms with E-state index in [1.54, 1.807) is 13.0 Å². The molecular weight excluding hydrogens is 532 g/mol. The minimum absolute atomic E-state index is 0. The average Bonchev–Trinajstić information content (AvgIpc) is 3.00. The van der Waals surface area contributed by atoms with Gasteiger partial charge in [0.25, 0.3) is 0 Å². The van der Waals surface area contributed by atoms with Gasteiger partial charge in [0, 0.05) is 12.6 Å². The van der Waals surface area contributed by atoms with Crippen LogP contribution in [0.15, 0.2) is 72.8 Å². The van der Waals surface area contributed by atoms with Gasteiger partial charge in [0.2, 0.25) is 0 Å². The number of rotatable bonds is 1. The molecule has 0 heterocycles. The zero-order valence-electron chi connectivity index (χ0n) is 24.4. The zero-order valence-corrected chi connectivity index (χ0v) is 24.4. The third kappa shape index (κ3) is 7.92. The Bertz CT molecular complexity index is 1660. The monoisotopic (exact) mass is 568 g/mol. The van der Waals surface area contributed by atoms with Gasteiger partial charge in [0.05, 0.1) is 11.1 Å². The average molecular weight is 569 g/mol. The van der Waals surface area contributed by atoms with Crippen LogP contribution in [0, 0.1) is 73.6 Å². The van der Waals surface area contributed by atoms with Gasteiger partial charge in [-0.1, -0.05) is 85.4 Å². The fourth-order valence-electron chi connectivity index (χ4n) is 4.83. The van der Waals surface area contributed by atoms with E-state index < -0.39 is 23.3 Å². The van der Waals surface area contributed by atoms with Crippen molar-refractivity contribution in [2.24, 2.45) is 5.92 Å². The molecule has 4 aromatic rings. The molecule has 0 bridgehead atoms. The number of halogens is 4. The van der Waals surface area contributed by atoms with Crippen LogP contribution >= 0.6 is 0 Å². The summed E-state index contributed by atoms with van der Waals surface area (Å²) in [4.78, 5) is 0. The summed E-state index contributed by atoms with van der Waals surface area (Å²) in [5, 5.41) is 0. The lowest BCUT2D eigenvalue weighted by Crippen LogP contribution is -2.10. The summed E-state index contributed by atoms with van der Waals surface area (Å²) in [5.74, 6) is 9.24. The maximum Gasteiger partial charge on any atom is 0.174 e. The van der Waals surface area contributed by atoms with Gasteiger partial charge >= 0.3 is 0 Å². The molecule has 0 saturated heterocycles. The fourth-order valence-corrected chi connectivity index (χ4v) is 4.83. The second-order valence-electron chi connectivity index (χ2n) is 11.1. The minimum atomic E-state index is -0.880. The van der Waals surface area contributed by atoms with Crippen LogP contribution in [0.5, 0.6) is 0 Å². The van der Waals surface area contributed by atoms with Gasteiger partial charge in [0.15, 0.2) is 23.3 Å². The maximum atomic E-state index is 13.8. The van der Waals surface area contributed by atoms with Crippen molar-refractivity contribution in [1.82, 2.24) is 0 Å². The van der Waals surface area contributed by atoms with Crippen LogP contribution in [0.1, 0.15) is 84.5 Å². The summed E-state index contributed by atoms with van der Waals surface area (Å²) in [6.07, 6.45) is 5.09. The van der Waals surface area contributed by atoms with Crippen LogP contribution in [0.2, 0.25) is 0 Å². The lowest BCUT2D eigenvalue weighted by atomic mass is 9.79. The summed E-state index contributed by atoms with van der Waals surface area (Å²) in [6.45, 7) is 7.37. The summed E-state index contributed by atoms with van der Waals surface area (Å²) in [5.41, 5.74) is 4.86. The third-order valence-corrected chi connectivity index (χ3v) is 7.68. The molecule has 0 aliphatic heterocycles. The molecule has 0 spiro atoms. The molecule has 5 rings (SSSR count). The number of hydrogen-bond acceptors (Lipinski definition) is 0. The Morgan fingerprint density at radius 1 is 0.524 bits per heavy atom. The van der Waals surface area contributed by atoms with Crippen molar-refractivity contribution in [2.75, 3.05) is 0 Å². The quantitative estimate of drug-likeness (QED) is 0.158. The lowest BCUT2D eigenvalue weighted by Gasteiger charge is -2.26. The van der Waals surface area contributed by atoms with Crippen molar-refractivity contribution >= 4 is 0 Å². The van der Waals surface area contributed by atoms with E-state index in [-0.39, 0.29) is 18.1 Å². The van der Waals surface area contributed by atoms with E-state index in [9.17, 15) is 17.6 Å². The molecule has 1 fully saturated rings. The second-order valence-corrected chi connectivity index (χ2v) is 11.1. The number of benzene rings is 4. The molecule has 0 nitrogen and oxygen atoms in total. The van der Waals surface area contributed by atoms with E-state index in [0.29, 0.717) is 11.5 Å². The molecule has 1 aliphatic carbocycles. The Labute approximate surface area is 248 Å². The van der Waals surface area contributed by atoms with Gasteiger partial charge < -0.3 is 0 Å². The van der Waals surface area contributed by atoms with Gasteiger partial charge in [-0.25, -0.2) is 17.6 Å². The van der Waals surface area contributed by atoms with E-state index in [2.05, 4.69) is 42.7 Å². The predicted molar refractivity (Wildman–Crippen MR) is 164 cm³/mol. The molecule has 1 aliphatic rings. The van der Waals surface area contributed by atoms with Crippen molar-refractivity contribution in [1.29, 1.82) is 0 Å². The van der Waals surface area contributed by atoms with E-state index in [1.165, 1.54) is 56.4 Å². The van der Waals surface area contributed by atoms with Crippen LogP contribution in [0.4, 0.5) is 17.6 Å². The lowest BCUT2D eigenvalue weighted by molar-refractivity contribution is 0.348. The highest BCUT2D eigenvalue weighted by Gasteiger charge is 2.19. The molecule has 0 unspecified atom stereocenters. The van der Waals surface area contributed by atoms with Crippen molar-refractivity contribution in [3.05, 3.63) is 141 Å². The highest BCUT2D eigenvalue weighted by molar-refractivity contribution is 5.46. The maximum absolute atomic E-state index is 13.8. The van der Waals surface area contributed by atoms with Crippen molar-refractivity contribution in [3.63, 3.8) is 0 Å². The van der Waals surface area contributed by atoms with Gasteiger partial charge in [0.1, 0.15) is 0 Å².